The maximum absolute atomic E-state index is 12.3. The minimum absolute atomic E-state index is 0. The van der Waals surface area contributed by atoms with Crippen molar-refractivity contribution >= 4 is 46.8 Å². The van der Waals surface area contributed by atoms with Gasteiger partial charge in [-0.25, -0.2) is 0 Å². The second-order valence-corrected chi connectivity index (χ2v) is 16.0. The highest BCUT2D eigenvalue weighted by Gasteiger charge is 2.23. The molecule has 0 radical (unpaired) electrons. The number of hydrogen-bond donors (Lipinski definition) is 4. The second kappa shape index (κ2) is 30.9. The predicted octanol–water partition coefficient (Wildman–Crippen LogP) is 6.24. The van der Waals surface area contributed by atoms with E-state index in [9.17, 15) is 38.4 Å². The Kier molecular flexibility index (Phi) is 23.4. The summed E-state index contributed by atoms with van der Waals surface area (Å²) in [5, 5.41) is 10.5. The third kappa shape index (κ3) is 21.1. The molecular weight excluding hydrogens is 817 g/mol. The first kappa shape index (κ1) is 48.4. The van der Waals surface area contributed by atoms with Crippen LogP contribution in [0, 0.1) is 11.8 Å². The number of nitrogens with one attached hydrogen (secondary N) is 4. The van der Waals surface area contributed by atoms with E-state index in [0.29, 0.717) is 11.1 Å². The molecule has 0 spiro atoms. The van der Waals surface area contributed by atoms with Gasteiger partial charge in [-0.05, 0) is 66.5 Å². The summed E-state index contributed by atoms with van der Waals surface area (Å²) in [5.74, 6) is -1.02. The van der Waals surface area contributed by atoms with Gasteiger partial charge in [0.25, 0.3) is 11.8 Å². The van der Waals surface area contributed by atoms with E-state index in [1.807, 2.05) is 48.5 Å². The van der Waals surface area contributed by atoms with Gasteiger partial charge >= 0.3 is 0 Å². The molecule has 4 amide bonds. The Hall–Kier alpha value is -5.08. The molecule has 64 heavy (non-hydrogen) atoms. The van der Waals surface area contributed by atoms with Crippen LogP contribution < -0.4 is 21.3 Å². The zero-order valence-electron chi connectivity index (χ0n) is 40.7. The Bertz CT molecular complexity index is 1880. The molecule has 2 atom stereocenters. The van der Waals surface area contributed by atoms with Gasteiger partial charge in [0.2, 0.25) is 11.8 Å². The molecule has 354 valence electrons. The molecular formula is C50H74N4O10. The molecule has 0 aromatic heterocycles. The molecule has 2 aromatic carbocycles. The van der Waals surface area contributed by atoms with Crippen molar-refractivity contribution in [3.8, 4) is 0 Å². The Labute approximate surface area is 386 Å². The van der Waals surface area contributed by atoms with Gasteiger partial charge in [0.05, 0.1) is 25.3 Å². The van der Waals surface area contributed by atoms with Gasteiger partial charge in [-0.3, -0.25) is 38.4 Å². The second-order valence-electron chi connectivity index (χ2n) is 16.0. The molecule has 0 unspecified atom stereocenters. The summed E-state index contributed by atoms with van der Waals surface area (Å²) >= 11 is 0. The van der Waals surface area contributed by atoms with Crippen molar-refractivity contribution in [2.75, 3.05) is 39.5 Å². The smallest absolute Gasteiger partial charge is 0.251 e. The minimum Gasteiger partial charge on any atom is -0.370 e. The topological polar surface area (TPSA) is 203 Å². The molecule has 2 aromatic rings. The lowest BCUT2D eigenvalue weighted by Crippen LogP contribution is -2.43. The molecule has 2 aliphatic rings. The zero-order valence-corrected chi connectivity index (χ0v) is 36.7. The minimum atomic E-state index is -1.00. The van der Waals surface area contributed by atoms with Crippen molar-refractivity contribution in [1.29, 1.82) is 0 Å². The number of ether oxygens (including phenoxy) is 2. The molecule has 2 aliphatic carbocycles. The van der Waals surface area contributed by atoms with Crippen LogP contribution in [-0.2, 0) is 51.1 Å². The van der Waals surface area contributed by atoms with E-state index in [1.165, 1.54) is 49.7 Å². The largest absolute Gasteiger partial charge is 0.370 e. The monoisotopic (exact) mass is 895 g/mol. The molecule has 0 saturated heterocycles. The Balaban J connectivity index is 0.000000460. The van der Waals surface area contributed by atoms with Crippen LogP contribution in [-0.4, -0.2) is 98.4 Å². The maximum Gasteiger partial charge on any atom is 0.251 e. The number of benzene rings is 2. The molecule has 0 bridgehead atoms. The molecule has 2 saturated carbocycles. The number of ketones is 4. The zero-order chi connectivity index (χ0) is 48.8. The molecule has 14 heteroatoms. The molecule has 0 heterocycles. The van der Waals surface area contributed by atoms with Crippen LogP contribution in [0.4, 0.5) is 0 Å². The quantitative estimate of drug-likeness (QED) is 0.0677. The van der Waals surface area contributed by atoms with E-state index >= 15 is 0 Å². The average Bonchev–Trinajstić information content (AvgIpc) is 3.28. The normalized spacial score (nSPS) is 14.9. The van der Waals surface area contributed by atoms with Gasteiger partial charge in [-0.1, -0.05) is 97.8 Å². The first-order chi connectivity index (χ1) is 32.3. The molecule has 4 rings (SSSR count). The van der Waals surface area contributed by atoms with Crippen molar-refractivity contribution < 1.29 is 53.3 Å². The summed E-state index contributed by atoms with van der Waals surface area (Å²) in [6, 6.07) is 13.4. The predicted molar refractivity (Wildman–Crippen MR) is 247 cm³/mol. The molecule has 2 fully saturated rings. The van der Waals surface area contributed by atoms with Gasteiger partial charge in [-0.15, -0.1) is 0 Å². The van der Waals surface area contributed by atoms with Crippen molar-refractivity contribution in [1.82, 2.24) is 21.3 Å². The van der Waals surface area contributed by atoms with Crippen LogP contribution in [0.1, 0.15) is 156 Å². The van der Waals surface area contributed by atoms with E-state index in [4.69, 9.17) is 15.0 Å². The van der Waals surface area contributed by atoms with Crippen LogP contribution in [0.5, 0.6) is 0 Å². The summed E-state index contributed by atoms with van der Waals surface area (Å²) in [5.41, 5.74) is 3.63. The standard InChI is InChI=1S/C25H36N2O5.C24H34N2O5.CH4/c1-3-21(28)12-13-22(23(29)4-2)27-24(30)17-32-15-14-26-25(31)20-10-8-19(9-11-20)16-18-6-5-7-18;1-3-20(27)15-21(22(28)4-2)26-23(29)16-31-13-12-25-24(30)19-10-8-18(9-11-19)14-17-6-5-7-17;/h8-11,18,22H,3-7,12-17H2,1-2H3,(H,26,31)(H,27,30);8-11,17,21H,3-7,12-16H2,1-2H3,(H,25,30)(H,26,29);1H4/t22-;21-;/m00./s1/i2*1D,2D;. The van der Waals surface area contributed by atoms with Crippen LogP contribution in [0.25, 0.3) is 0 Å². The van der Waals surface area contributed by atoms with Gasteiger partial charge in [0.15, 0.2) is 11.6 Å². The number of Topliss-reactive ketones (excluding diaryl/α,β-unsaturated/α-hetero) is 4. The van der Waals surface area contributed by atoms with Crippen LogP contribution in [0.15, 0.2) is 48.5 Å². The summed E-state index contributed by atoms with van der Waals surface area (Å²) in [7, 11) is 0. The third-order valence-corrected chi connectivity index (χ3v) is 11.1. The lowest BCUT2D eigenvalue weighted by molar-refractivity contribution is -0.132. The van der Waals surface area contributed by atoms with Gasteiger partial charge < -0.3 is 30.7 Å². The number of amides is 4. The highest BCUT2D eigenvalue weighted by molar-refractivity contribution is 5.95. The number of hydrogen-bond acceptors (Lipinski definition) is 10. The Morgan fingerprint density at radius 1 is 0.594 bits per heavy atom. The van der Waals surface area contributed by atoms with Crippen molar-refractivity contribution in [2.45, 2.75) is 143 Å². The van der Waals surface area contributed by atoms with E-state index in [0.717, 1.165) is 24.7 Å². The fourth-order valence-electron chi connectivity index (χ4n) is 6.79. The van der Waals surface area contributed by atoms with E-state index < -0.39 is 23.9 Å². The summed E-state index contributed by atoms with van der Waals surface area (Å²) in [6.07, 6.45) is 10.0. The third-order valence-electron chi connectivity index (χ3n) is 11.1. The first-order valence-electron chi connectivity index (χ1n) is 24.9. The number of carbonyl (C=O) groups is 8. The maximum atomic E-state index is 12.3. The van der Waals surface area contributed by atoms with E-state index in [2.05, 4.69) is 21.3 Å². The number of rotatable bonds is 29. The van der Waals surface area contributed by atoms with Crippen molar-refractivity contribution in [3.05, 3.63) is 70.8 Å². The summed E-state index contributed by atoms with van der Waals surface area (Å²) < 4.78 is 39.1. The Morgan fingerprint density at radius 2 is 1.02 bits per heavy atom. The fourth-order valence-corrected chi connectivity index (χ4v) is 6.79. The van der Waals surface area contributed by atoms with Crippen molar-refractivity contribution in [3.63, 3.8) is 0 Å². The van der Waals surface area contributed by atoms with Gasteiger partial charge in [-0.2, -0.15) is 0 Å². The van der Waals surface area contributed by atoms with E-state index in [-0.39, 0.29) is 154 Å². The molecule has 4 N–H and O–H groups in total. The van der Waals surface area contributed by atoms with Crippen LogP contribution in [0.3, 0.4) is 0 Å². The molecule has 14 nitrogen and oxygen atoms in total. The van der Waals surface area contributed by atoms with Crippen molar-refractivity contribution in [2.24, 2.45) is 11.8 Å². The lowest BCUT2D eigenvalue weighted by Gasteiger charge is -2.25. The van der Waals surface area contributed by atoms with Gasteiger partial charge in [0.1, 0.15) is 24.8 Å². The lowest BCUT2D eigenvalue weighted by atomic mass is 9.81. The summed E-state index contributed by atoms with van der Waals surface area (Å²) in [4.78, 5) is 96.4. The summed E-state index contributed by atoms with van der Waals surface area (Å²) in [6.45, 7) is -0.201. The highest BCUT2D eigenvalue weighted by Crippen LogP contribution is 2.30. The molecule has 0 aliphatic heterocycles. The average molecular weight is 895 g/mol. The van der Waals surface area contributed by atoms with Crippen LogP contribution in [0.2, 0.25) is 0 Å². The number of carbonyl (C=O) groups excluding carboxylic acids is 8. The Morgan fingerprint density at radius 3 is 1.44 bits per heavy atom. The fraction of sp³-hybridized carbons (Fsp3) is 0.600. The van der Waals surface area contributed by atoms with E-state index in [1.54, 1.807) is 0 Å². The van der Waals surface area contributed by atoms with Gasteiger partial charge in [0, 0.05) is 68.2 Å². The van der Waals surface area contributed by atoms with Crippen LogP contribution >= 0.6 is 0 Å². The first-order valence-corrected chi connectivity index (χ1v) is 22.1. The SMILES string of the molecule is C.[2H]CCC(=O)CC[C@H](NC(=O)COCCNC(=O)c1ccc(CC2CCC2)cc1)C(=O)CC[2H].[2H]CCC(=O)C[C@H](NC(=O)COCCNC(=O)c1ccc(CC2CCC2)cc1)C(=O)CC[2H]. The highest BCUT2D eigenvalue weighted by atomic mass is 16.5.